The first-order chi connectivity index (χ1) is 6.56. The second-order valence-electron chi connectivity index (χ2n) is 3.34. The van der Waals surface area contributed by atoms with Crippen molar-refractivity contribution in [3.05, 3.63) is 23.8 Å². The molecule has 0 saturated heterocycles. The van der Waals surface area contributed by atoms with Gasteiger partial charge in [0.2, 0.25) is 0 Å². The van der Waals surface area contributed by atoms with Gasteiger partial charge >= 0.3 is 0 Å². The van der Waals surface area contributed by atoms with E-state index in [-0.39, 0.29) is 5.78 Å². The number of Topliss-reactive ketones (excluding diaryl/α,β-unsaturated/α-hetero) is 1. The summed E-state index contributed by atoms with van der Waals surface area (Å²) in [6.07, 6.45) is 0. The highest BCUT2D eigenvalue weighted by Gasteiger charge is 2.06. The molecule has 0 spiro atoms. The Morgan fingerprint density at radius 2 is 2.14 bits per heavy atom. The predicted molar refractivity (Wildman–Crippen MR) is 59.8 cm³/mol. The highest BCUT2D eigenvalue weighted by molar-refractivity contribution is 5.99. The molecule has 76 valence electrons. The maximum atomic E-state index is 11.1. The molecule has 0 aliphatic heterocycles. The first-order valence-electron chi connectivity index (χ1n) is 4.67. The van der Waals surface area contributed by atoms with Gasteiger partial charge < -0.3 is 10.6 Å². The maximum absolute atomic E-state index is 11.1. The monoisotopic (exact) mass is 192 g/mol. The van der Waals surface area contributed by atoms with Crippen molar-refractivity contribution < 1.29 is 4.79 Å². The SMILES string of the molecule is CCN(C)c1ccc(C(C)=O)c(N)c1. The molecule has 3 heteroatoms. The van der Waals surface area contributed by atoms with Crippen LogP contribution in [0.2, 0.25) is 0 Å². The van der Waals surface area contributed by atoms with Crippen LogP contribution in [0.5, 0.6) is 0 Å². The lowest BCUT2D eigenvalue weighted by molar-refractivity contribution is 0.101. The minimum absolute atomic E-state index is 0.00759. The fourth-order valence-corrected chi connectivity index (χ4v) is 1.29. The number of carbonyl (C=O) groups is 1. The Kier molecular flexibility index (Phi) is 3.12. The predicted octanol–water partition coefficient (Wildman–Crippen LogP) is 1.93. The van der Waals surface area contributed by atoms with E-state index in [1.54, 1.807) is 6.07 Å². The number of benzene rings is 1. The highest BCUT2D eigenvalue weighted by atomic mass is 16.1. The quantitative estimate of drug-likeness (QED) is 0.588. The Morgan fingerprint density at radius 1 is 1.50 bits per heavy atom. The van der Waals surface area contributed by atoms with Gasteiger partial charge in [-0.05, 0) is 32.0 Å². The van der Waals surface area contributed by atoms with Crippen LogP contribution in [0, 0.1) is 0 Å². The smallest absolute Gasteiger partial charge is 0.161 e. The molecule has 1 aromatic carbocycles. The van der Waals surface area contributed by atoms with Crippen molar-refractivity contribution in [2.45, 2.75) is 13.8 Å². The first kappa shape index (κ1) is 10.6. The van der Waals surface area contributed by atoms with Gasteiger partial charge in [-0.1, -0.05) is 0 Å². The van der Waals surface area contributed by atoms with Crippen molar-refractivity contribution in [2.75, 3.05) is 24.2 Å². The number of nitrogens with zero attached hydrogens (tertiary/aromatic N) is 1. The standard InChI is InChI=1S/C11H16N2O/c1-4-13(3)9-5-6-10(8(2)14)11(12)7-9/h5-7H,4,12H2,1-3H3. The van der Waals surface area contributed by atoms with Crippen LogP contribution >= 0.6 is 0 Å². The second-order valence-corrected chi connectivity index (χ2v) is 3.34. The van der Waals surface area contributed by atoms with Gasteiger partial charge in [-0.3, -0.25) is 4.79 Å². The lowest BCUT2D eigenvalue weighted by atomic mass is 10.1. The minimum atomic E-state index is 0.00759. The minimum Gasteiger partial charge on any atom is -0.398 e. The van der Waals surface area contributed by atoms with Gasteiger partial charge in [-0.25, -0.2) is 0 Å². The number of hydrogen-bond donors (Lipinski definition) is 1. The normalized spacial score (nSPS) is 9.93. The third-order valence-corrected chi connectivity index (χ3v) is 2.33. The van der Waals surface area contributed by atoms with Crippen molar-refractivity contribution in [1.29, 1.82) is 0 Å². The van der Waals surface area contributed by atoms with E-state index in [4.69, 9.17) is 5.73 Å². The maximum Gasteiger partial charge on any atom is 0.161 e. The number of rotatable bonds is 3. The molecule has 2 N–H and O–H groups in total. The summed E-state index contributed by atoms with van der Waals surface area (Å²) in [4.78, 5) is 13.2. The molecule has 0 aromatic heterocycles. The summed E-state index contributed by atoms with van der Waals surface area (Å²) in [6.45, 7) is 4.50. The zero-order valence-corrected chi connectivity index (χ0v) is 8.87. The van der Waals surface area contributed by atoms with Crippen LogP contribution in [-0.2, 0) is 0 Å². The fraction of sp³-hybridized carbons (Fsp3) is 0.364. The van der Waals surface area contributed by atoms with Crippen molar-refractivity contribution in [2.24, 2.45) is 0 Å². The average Bonchev–Trinajstić information content (AvgIpc) is 2.15. The Hall–Kier alpha value is -1.51. The molecule has 0 aliphatic rings. The van der Waals surface area contributed by atoms with Gasteiger partial charge in [-0.15, -0.1) is 0 Å². The molecule has 0 heterocycles. The van der Waals surface area contributed by atoms with Gasteiger partial charge in [0.15, 0.2) is 5.78 Å². The molecule has 0 amide bonds. The van der Waals surface area contributed by atoms with Crippen LogP contribution in [0.4, 0.5) is 11.4 Å². The van der Waals surface area contributed by atoms with Gasteiger partial charge in [0.1, 0.15) is 0 Å². The van der Waals surface area contributed by atoms with Gasteiger partial charge in [0.25, 0.3) is 0 Å². The number of nitrogens with two attached hydrogens (primary N) is 1. The lowest BCUT2D eigenvalue weighted by Gasteiger charge is -2.17. The molecule has 0 atom stereocenters. The topological polar surface area (TPSA) is 46.3 Å². The Labute approximate surface area is 84.5 Å². The van der Waals surface area contributed by atoms with E-state index in [2.05, 4.69) is 11.8 Å². The van der Waals surface area contributed by atoms with E-state index in [0.29, 0.717) is 11.3 Å². The Balaban J connectivity index is 3.06. The fourth-order valence-electron chi connectivity index (χ4n) is 1.29. The average molecular weight is 192 g/mol. The van der Waals surface area contributed by atoms with E-state index >= 15 is 0 Å². The zero-order chi connectivity index (χ0) is 10.7. The summed E-state index contributed by atoms with van der Waals surface area (Å²) in [6, 6.07) is 5.52. The molecule has 0 radical (unpaired) electrons. The molecule has 3 nitrogen and oxygen atoms in total. The largest absolute Gasteiger partial charge is 0.398 e. The van der Waals surface area contributed by atoms with Gasteiger partial charge in [0.05, 0.1) is 0 Å². The van der Waals surface area contributed by atoms with E-state index in [0.717, 1.165) is 12.2 Å². The molecule has 0 unspecified atom stereocenters. The van der Waals surface area contributed by atoms with Crippen LogP contribution in [0.1, 0.15) is 24.2 Å². The summed E-state index contributed by atoms with van der Waals surface area (Å²) < 4.78 is 0. The molecule has 14 heavy (non-hydrogen) atoms. The van der Waals surface area contributed by atoms with E-state index in [9.17, 15) is 4.79 Å². The van der Waals surface area contributed by atoms with Crippen LogP contribution < -0.4 is 10.6 Å². The molecule has 1 rings (SSSR count). The number of ketones is 1. The number of anilines is 2. The van der Waals surface area contributed by atoms with E-state index < -0.39 is 0 Å². The molecule has 0 aliphatic carbocycles. The summed E-state index contributed by atoms with van der Waals surface area (Å²) >= 11 is 0. The van der Waals surface area contributed by atoms with Crippen LogP contribution in [0.15, 0.2) is 18.2 Å². The van der Waals surface area contributed by atoms with Crippen molar-refractivity contribution in [3.63, 3.8) is 0 Å². The lowest BCUT2D eigenvalue weighted by Crippen LogP contribution is -2.16. The van der Waals surface area contributed by atoms with E-state index in [1.807, 2.05) is 19.2 Å². The van der Waals surface area contributed by atoms with Crippen LogP contribution in [-0.4, -0.2) is 19.4 Å². The van der Waals surface area contributed by atoms with Gasteiger partial charge in [-0.2, -0.15) is 0 Å². The van der Waals surface area contributed by atoms with Crippen molar-refractivity contribution in [1.82, 2.24) is 0 Å². The third-order valence-electron chi connectivity index (χ3n) is 2.33. The summed E-state index contributed by atoms with van der Waals surface area (Å²) in [7, 11) is 1.99. The molecule has 0 fully saturated rings. The third kappa shape index (κ3) is 2.05. The first-order valence-corrected chi connectivity index (χ1v) is 4.67. The molecular weight excluding hydrogens is 176 g/mol. The number of hydrogen-bond acceptors (Lipinski definition) is 3. The van der Waals surface area contributed by atoms with Crippen LogP contribution in [0.25, 0.3) is 0 Å². The Morgan fingerprint density at radius 3 is 2.57 bits per heavy atom. The van der Waals surface area contributed by atoms with Crippen LogP contribution in [0.3, 0.4) is 0 Å². The van der Waals surface area contributed by atoms with E-state index in [1.165, 1.54) is 6.92 Å². The van der Waals surface area contributed by atoms with Crippen molar-refractivity contribution >= 4 is 17.2 Å². The zero-order valence-electron chi connectivity index (χ0n) is 8.87. The summed E-state index contributed by atoms with van der Waals surface area (Å²) in [5, 5.41) is 0. The second kappa shape index (κ2) is 4.13. The molecule has 1 aromatic rings. The Bertz CT molecular complexity index is 347. The molecule has 0 saturated carbocycles. The molecular formula is C11H16N2O. The summed E-state index contributed by atoms with van der Waals surface area (Å²) in [5.74, 6) is 0.00759. The number of nitrogen functional groups attached to an aromatic ring is 1. The number of carbonyl (C=O) groups excluding carboxylic acids is 1. The summed E-state index contributed by atoms with van der Waals surface area (Å²) in [5.41, 5.74) is 7.95. The van der Waals surface area contributed by atoms with Crippen molar-refractivity contribution in [3.8, 4) is 0 Å². The van der Waals surface area contributed by atoms with Gasteiger partial charge in [0, 0.05) is 30.5 Å². The molecule has 0 bridgehead atoms. The highest BCUT2D eigenvalue weighted by Crippen LogP contribution is 2.20.